The molecule has 7 nitrogen and oxygen atoms in total. The molecule has 3 aromatic rings. The molecule has 2 aromatic carbocycles. The number of hydrogen-bond donors (Lipinski definition) is 1. The summed E-state index contributed by atoms with van der Waals surface area (Å²) in [5.41, 5.74) is 0.406. The number of rotatable bonds is 6. The third kappa shape index (κ3) is 4.05. The zero-order chi connectivity index (χ0) is 22.8. The lowest BCUT2D eigenvalue weighted by atomic mass is 10.1. The Kier molecular flexibility index (Phi) is 6.14. The second-order valence-electron chi connectivity index (χ2n) is 7.89. The van der Waals surface area contributed by atoms with Gasteiger partial charge in [0, 0.05) is 43.4 Å². The van der Waals surface area contributed by atoms with E-state index in [1.807, 2.05) is 4.90 Å². The van der Waals surface area contributed by atoms with E-state index in [0.717, 1.165) is 32.1 Å². The van der Waals surface area contributed by atoms with E-state index in [-0.39, 0.29) is 5.39 Å². The van der Waals surface area contributed by atoms with Crippen molar-refractivity contribution in [3.05, 3.63) is 64.2 Å². The van der Waals surface area contributed by atoms with E-state index in [9.17, 15) is 14.7 Å². The monoisotopic (exact) mass is 439 g/mol. The minimum absolute atomic E-state index is 0.0339. The van der Waals surface area contributed by atoms with Crippen LogP contribution in [0.1, 0.15) is 23.7 Å². The maximum atomic E-state index is 15.1. The van der Waals surface area contributed by atoms with Crippen LogP contribution in [0.3, 0.4) is 0 Å². The molecule has 1 saturated heterocycles. The number of aromatic nitrogens is 1. The van der Waals surface area contributed by atoms with Crippen molar-refractivity contribution in [2.24, 2.45) is 0 Å². The lowest BCUT2D eigenvalue weighted by molar-refractivity contribution is 0.0695. The van der Waals surface area contributed by atoms with E-state index in [1.54, 1.807) is 42.0 Å². The molecule has 168 valence electrons. The van der Waals surface area contributed by atoms with Crippen LogP contribution in [-0.4, -0.2) is 60.4 Å². The molecule has 0 atom stereocenters. The maximum absolute atomic E-state index is 15.1. The normalized spacial score (nSPS) is 14.7. The molecule has 1 aromatic heterocycles. The number of carbonyl (C=O) groups is 1. The Morgan fingerprint density at radius 1 is 1.12 bits per heavy atom. The summed E-state index contributed by atoms with van der Waals surface area (Å²) >= 11 is 0. The number of carboxylic acids is 1. The molecule has 0 radical (unpaired) electrons. The number of carboxylic acid groups (broad SMARTS) is 1. The third-order valence-corrected chi connectivity index (χ3v) is 5.91. The molecule has 0 unspecified atom stereocenters. The van der Waals surface area contributed by atoms with Gasteiger partial charge < -0.3 is 19.3 Å². The van der Waals surface area contributed by atoms with Crippen LogP contribution in [-0.2, 0) is 0 Å². The Hall–Kier alpha value is -3.39. The van der Waals surface area contributed by atoms with Gasteiger partial charge in [-0.1, -0.05) is 6.92 Å². The zero-order valence-electron chi connectivity index (χ0n) is 18.2. The first-order valence-electron chi connectivity index (χ1n) is 10.7. The van der Waals surface area contributed by atoms with Gasteiger partial charge in [-0.2, -0.15) is 0 Å². The van der Waals surface area contributed by atoms with Gasteiger partial charge in [0.1, 0.15) is 17.1 Å². The van der Waals surface area contributed by atoms with E-state index >= 15 is 4.39 Å². The minimum atomic E-state index is -1.35. The molecule has 0 amide bonds. The Labute approximate surface area is 185 Å². The van der Waals surface area contributed by atoms with E-state index < -0.39 is 22.8 Å². The van der Waals surface area contributed by atoms with Crippen LogP contribution in [0.15, 0.2) is 47.4 Å². The predicted molar refractivity (Wildman–Crippen MR) is 122 cm³/mol. The van der Waals surface area contributed by atoms with Crippen LogP contribution in [0.4, 0.5) is 10.1 Å². The lowest BCUT2D eigenvalue weighted by Gasteiger charge is -2.36. The van der Waals surface area contributed by atoms with E-state index in [4.69, 9.17) is 4.74 Å². The molecule has 2 heterocycles. The van der Waals surface area contributed by atoms with Gasteiger partial charge >= 0.3 is 5.97 Å². The van der Waals surface area contributed by atoms with Gasteiger partial charge in [0.05, 0.1) is 18.3 Å². The topological polar surface area (TPSA) is 75.0 Å². The smallest absolute Gasteiger partial charge is 0.341 e. The largest absolute Gasteiger partial charge is 0.497 e. The molecule has 1 fully saturated rings. The van der Waals surface area contributed by atoms with E-state index in [1.165, 1.54) is 6.20 Å². The molecule has 0 bridgehead atoms. The Balaban J connectivity index is 1.85. The maximum Gasteiger partial charge on any atom is 0.341 e. The highest BCUT2D eigenvalue weighted by Crippen LogP contribution is 2.28. The summed E-state index contributed by atoms with van der Waals surface area (Å²) in [5, 5.41) is 9.57. The standard InChI is InChI=1S/C24H26FN3O4/c1-3-8-26-9-11-27(12-10-26)22-14-21-18(13-20(22)25)23(29)19(24(30)31)15-28(21)16-4-6-17(32-2)7-5-16/h4-7,13-15H,3,8-12H2,1-2H3,(H,30,31). The van der Waals surface area contributed by atoms with Crippen LogP contribution in [0.25, 0.3) is 16.6 Å². The van der Waals surface area contributed by atoms with Gasteiger partial charge in [0.15, 0.2) is 0 Å². The first-order valence-corrected chi connectivity index (χ1v) is 10.7. The highest BCUT2D eigenvalue weighted by atomic mass is 19.1. The molecule has 8 heteroatoms. The SMILES string of the molecule is CCCN1CCN(c2cc3c(cc2F)c(=O)c(C(=O)O)cn3-c2ccc(OC)cc2)CC1. The van der Waals surface area contributed by atoms with Crippen molar-refractivity contribution in [2.75, 3.05) is 44.7 Å². The van der Waals surface area contributed by atoms with Gasteiger partial charge in [-0.25, -0.2) is 9.18 Å². The molecule has 1 aliphatic heterocycles. The van der Waals surface area contributed by atoms with Gasteiger partial charge in [0.25, 0.3) is 0 Å². The van der Waals surface area contributed by atoms with Crippen LogP contribution < -0.4 is 15.1 Å². The number of fused-ring (bicyclic) bond motifs is 1. The van der Waals surface area contributed by atoms with Crippen LogP contribution in [0, 0.1) is 5.82 Å². The van der Waals surface area contributed by atoms with Crippen LogP contribution in [0.2, 0.25) is 0 Å². The molecular weight excluding hydrogens is 413 g/mol. The molecular formula is C24H26FN3O4. The Morgan fingerprint density at radius 3 is 2.41 bits per heavy atom. The summed E-state index contributed by atoms with van der Waals surface area (Å²) < 4.78 is 21.9. The first-order chi connectivity index (χ1) is 15.4. The van der Waals surface area contributed by atoms with Crippen LogP contribution >= 0.6 is 0 Å². The number of methoxy groups -OCH3 is 1. The van der Waals surface area contributed by atoms with Crippen molar-refractivity contribution < 1.29 is 19.0 Å². The van der Waals surface area contributed by atoms with Gasteiger partial charge in [-0.3, -0.25) is 9.69 Å². The summed E-state index contributed by atoms with van der Waals surface area (Å²) in [6.07, 6.45) is 2.38. The van der Waals surface area contributed by atoms with Gasteiger partial charge in [-0.05, 0) is 49.4 Å². The number of hydrogen-bond acceptors (Lipinski definition) is 5. The summed E-state index contributed by atoms with van der Waals surface area (Å²) in [4.78, 5) is 28.8. The number of halogens is 1. The predicted octanol–water partition coefficient (Wildman–Crippen LogP) is 3.37. The second-order valence-corrected chi connectivity index (χ2v) is 7.89. The van der Waals surface area contributed by atoms with Crippen molar-refractivity contribution in [3.8, 4) is 11.4 Å². The second kappa shape index (κ2) is 9.00. The zero-order valence-corrected chi connectivity index (χ0v) is 18.2. The van der Waals surface area contributed by atoms with Crippen molar-refractivity contribution in [3.63, 3.8) is 0 Å². The lowest BCUT2D eigenvalue weighted by Crippen LogP contribution is -2.46. The fourth-order valence-electron chi connectivity index (χ4n) is 4.21. The number of piperazine rings is 1. The minimum Gasteiger partial charge on any atom is -0.497 e. The summed E-state index contributed by atoms with van der Waals surface area (Å²) in [5.74, 6) is -1.23. The average molecular weight is 439 g/mol. The molecule has 0 aliphatic carbocycles. The number of anilines is 1. The van der Waals surface area contributed by atoms with E-state index in [0.29, 0.717) is 35.7 Å². The quantitative estimate of drug-likeness (QED) is 0.635. The molecule has 0 saturated carbocycles. The summed E-state index contributed by atoms with van der Waals surface area (Å²) in [7, 11) is 1.56. The molecule has 1 N–H and O–H groups in total. The van der Waals surface area contributed by atoms with E-state index in [2.05, 4.69) is 11.8 Å². The van der Waals surface area contributed by atoms with Gasteiger partial charge in [-0.15, -0.1) is 0 Å². The average Bonchev–Trinajstić information content (AvgIpc) is 2.80. The fraction of sp³-hybridized carbons (Fsp3) is 0.333. The number of pyridine rings is 1. The summed E-state index contributed by atoms with van der Waals surface area (Å²) in [6, 6.07) is 9.84. The molecule has 1 aliphatic rings. The molecule has 0 spiro atoms. The van der Waals surface area contributed by atoms with Crippen molar-refractivity contribution in [1.82, 2.24) is 9.47 Å². The third-order valence-electron chi connectivity index (χ3n) is 5.91. The molecule has 32 heavy (non-hydrogen) atoms. The Bertz CT molecular complexity index is 1200. The van der Waals surface area contributed by atoms with Crippen LogP contribution in [0.5, 0.6) is 5.75 Å². The van der Waals surface area contributed by atoms with Crippen molar-refractivity contribution >= 4 is 22.6 Å². The van der Waals surface area contributed by atoms with Crippen molar-refractivity contribution in [1.29, 1.82) is 0 Å². The summed E-state index contributed by atoms with van der Waals surface area (Å²) in [6.45, 7) is 6.20. The molecule has 4 rings (SSSR count). The highest BCUT2D eigenvalue weighted by molar-refractivity contribution is 5.94. The first kappa shape index (κ1) is 21.8. The number of nitrogens with zero attached hydrogens (tertiary/aromatic N) is 3. The highest BCUT2D eigenvalue weighted by Gasteiger charge is 2.22. The number of ether oxygens (including phenoxy) is 1. The Morgan fingerprint density at radius 2 is 1.81 bits per heavy atom. The fourth-order valence-corrected chi connectivity index (χ4v) is 4.21. The number of benzene rings is 2. The number of aromatic carboxylic acids is 1. The van der Waals surface area contributed by atoms with Gasteiger partial charge in [0.2, 0.25) is 5.43 Å². The van der Waals surface area contributed by atoms with Crippen molar-refractivity contribution in [2.45, 2.75) is 13.3 Å².